The minimum Gasteiger partial charge on any atom is -0.313 e. The first-order chi connectivity index (χ1) is 12.8. The molecule has 0 radical (unpaired) electrons. The lowest BCUT2D eigenvalue weighted by Gasteiger charge is -2.11. The molecule has 148 valence electrons. The largest absolute Gasteiger partial charge is 0.313 e. The fourth-order valence-corrected chi connectivity index (χ4v) is 2.13. The standard InChI is InChI=1S/C13H22N4O.C4H6N4O/c1-9(2)5-11(6-10(3)4)16-17-12-7-13(18)15-8-14-12;5-8-3-1-4(9)7-2-6-3/h7-10H,5-6H2,1-4H3,(H2,14,15,17,18);1-2H,5H2,(H2,6,7,8,9). The van der Waals surface area contributed by atoms with Crippen LogP contribution in [0.15, 0.2) is 39.5 Å². The summed E-state index contributed by atoms with van der Waals surface area (Å²) in [6, 6.07) is 2.66. The maximum absolute atomic E-state index is 11.1. The van der Waals surface area contributed by atoms with Gasteiger partial charge in [-0.3, -0.25) is 15.0 Å². The Hall–Kier alpha value is -3.01. The fourth-order valence-electron chi connectivity index (χ4n) is 2.13. The van der Waals surface area contributed by atoms with Crippen molar-refractivity contribution in [1.29, 1.82) is 0 Å². The van der Waals surface area contributed by atoms with Crippen molar-refractivity contribution in [3.8, 4) is 0 Å². The van der Waals surface area contributed by atoms with Crippen LogP contribution >= 0.6 is 0 Å². The van der Waals surface area contributed by atoms with Crippen molar-refractivity contribution in [1.82, 2.24) is 19.9 Å². The van der Waals surface area contributed by atoms with Crippen LogP contribution in [0.3, 0.4) is 0 Å². The highest BCUT2D eigenvalue weighted by Gasteiger charge is 2.06. The maximum Gasteiger partial charge on any atom is 0.252 e. The first-order valence-electron chi connectivity index (χ1n) is 8.67. The van der Waals surface area contributed by atoms with E-state index in [1.807, 2.05) is 0 Å². The summed E-state index contributed by atoms with van der Waals surface area (Å²) in [6.07, 6.45) is 4.55. The van der Waals surface area contributed by atoms with Gasteiger partial charge in [0.25, 0.3) is 11.1 Å². The molecule has 0 atom stereocenters. The Kier molecular flexibility index (Phi) is 9.45. The molecule has 0 amide bonds. The first-order valence-corrected chi connectivity index (χ1v) is 8.67. The van der Waals surface area contributed by atoms with Crippen LogP contribution in [0.5, 0.6) is 0 Å². The van der Waals surface area contributed by atoms with Gasteiger partial charge in [-0.2, -0.15) is 5.10 Å². The van der Waals surface area contributed by atoms with Crippen LogP contribution in [0, 0.1) is 11.8 Å². The highest BCUT2D eigenvalue weighted by atomic mass is 16.1. The van der Waals surface area contributed by atoms with Crippen LogP contribution in [0.2, 0.25) is 0 Å². The zero-order chi connectivity index (χ0) is 20.2. The number of hydrogen-bond donors (Lipinski definition) is 5. The lowest BCUT2D eigenvalue weighted by atomic mass is 9.99. The summed E-state index contributed by atoms with van der Waals surface area (Å²) in [5.41, 5.74) is 5.80. The topological polar surface area (TPSA) is 154 Å². The number of nitrogens with zero attached hydrogens (tertiary/aromatic N) is 3. The Balaban J connectivity index is 0.000000337. The summed E-state index contributed by atoms with van der Waals surface area (Å²) in [6.45, 7) is 8.67. The third kappa shape index (κ3) is 9.90. The Morgan fingerprint density at radius 3 is 1.89 bits per heavy atom. The highest BCUT2D eigenvalue weighted by Crippen LogP contribution is 2.10. The number of nitrogens with two attached hydrogens (primary N) is 1. The Morgan fingerprint density at radius 2 is 1.48 bits per heavy atom. The van der Waals surface area contributed by atoms with Crippen molar-refractivity contribution < 1.29 is 0 Å². The molecule has 0 aliphatic rings. The van der Waals surface area contributed by atoms with E-state index in [9.17, 15) is 9.59 Å². The van der Waals surface area contributed by atoms with E-state index in [0.717, 1.165) is 18.6 Å². The quantitative estimate of drug-likeness (QED) is 0.280. The number of anilines is 2. The molecule has 2 aromatic rings. The van der Waals surface area contributed by atoms with Crippen LogP contribution in [-0.2, 0) is 0 Å². The summed E-state index contributed by atoms with van der Waals surface area (Å²) in [4.78, 5) is 34.0. The van der Waals surface area contributed by atoms with Crippen LogP contribution in [0.1, 0.15) is 40.5 Å². The molecule has 0 aliphatic heterocycles. The van der Waals surface area contributed by atoms with Crippen LogP contribution in [0.25, 0.3) is 0 Å². The van der Waals surface area contributed by atoms with E-state index in [0.29, 0.717) is 23.5 Å². The SMILES string of the molecule is CC(C)CC(CC(C)C)=NNc1cc(=O)[nH]cn1.NNc1cc(=O)[nH]cn1. The number of nitrogen functional groups attached to an aromatic ring is 1. The average Bonchev–Trinajstić information content (AvgIpc) is 2.59. The van der Waals surface area contributed by atoms with E-state index in [1.165, 1.54) is 24.8 Å². The van der Waals surface area contributed by atoms with Crippen LogP contribution in [0.4, 0.5) is 11.6 Å². The van der Waals surface area contributed by atoms with Gasteiger partial charge in [0.05, 0.1) is 12.7 Å². The number of rotatable bonds is 7. The number of aromatic nitrogens is 4. The molecule has 2 heterocycles. The van der Waals surface area contributed by atoms with Gasteiger partial charge < -0.3 is 15.4 Å². The van der Waals surface area contributed by atoms with Gasteiger partial charge in [-0.1, -0.05) is 27.7 Å². The average molecular weight is 376 g/mol. The molecule has 2 aromatic heterocycles. The minimum absolute atomic E-state index is 0.183. The Bertz CT molecular complexity index is 814. The first kappa shape index (κ1) is 22.0. The third-order valence-corrected chi connectivity index (χ3v) is 3.12. The number of hydrazine groups is 1. The molecule has 0 spiro atoms. The van der Waals surface area contributed by atoms with Gasteiger partial charge in [-0.15, -0.1) is 0 Å². The molecular formula is C17H28N8O2. The second-order valence-electron chi connectivity index (χ2n) is 6.72. The van der Waals surface area contributed by atoms with Crippen molar-refractivity contribution in [3.05, 3.63) is 45.5 Å². The highest BCUT2D eigenvalue weighted by molar-refractivity contribution is 5.85. The number of nitrogens with one attached hydrogen (secondary N) is 4. The zero-order valence-electron chi connectivity index (χ0n) is 16.1. The molecule has 0 aliphatic carbocycles. The molecule has 0 saturated heterocycles. The fraction of sp³-hybridized carbons (Fsp3) is 0.471. The molecular weight excluding hydrogens is 348 g/mol. The third-order valence-electron chi connectivity index (χ3n) is 3.12. The van der Waals surface area contributed by atoms with Crippen LogP contribution < -0.4 is 27.8 Å². The summed E-state index contributed by atoms with van der Waals surface area (Å²) >= 11 is 0. The molecule has 2 rings (SSSR count). The Labute approximate surface area is 157 Å². The van der Waals surface area contributed by atoms with Gasteiger partial charge in [0.2, 0.25) is 0 Å². The van der Waals surface area contributed by atoms with E-state index in [1.54, 1.807) is 0 Å². The van der Waals surface area contributed by atoms with Gasteiger partial charge in [0, 0.05) is 17.8 Å². The van der Waals surface area contributed by atoms with Gasteiger partial charge in [-0.25, -0.2) is 15.8 Å². The molecule has 0 fully saturated rings. The maximum atomic E-state index is 11.1. The second kappa shape index (κ2) is 11.6. The molecule has 0 unspecified atom stereocenters. The monoisotopic (exact) mass is 376 g/mol. The molecule has 0 aromatic carbocycles. The molecule has 0 saturated carbocycles. The van der Waals surface area contributed by atoms with E-state index in [4.69, 9.17) is 5.84 Å². The smallest absolute Gasteiger partial charge is 0.252 e. The van der Waals surface area contributed by atoms with Gasteiger partial charge >= 0.3 is 0 Å². The van der Waals surface area contributed by atoms with Crippen molar-refractivity contribution in [2.75, 3.05) is 10.9 Å². The molecule has 10 nitrogen and oxygen atoms in total. The van der Waals surface area contributed by atoms with Gasteiger partial charge in [0.1, 0.15) is 5.82 Å². The number of hydrazone groups is 1. The van der Waals surface area contributed by atoms with Crippen LogP contribution in [-0.4, -0.2) is 25.6 Å². The predicted octanol–water partition coefficient (Wildman–Crippen LogP) is 1.69. The van der Waals surface area contributed by atoms with E-state index in [-0.39, 0.29) is 11.1 Å². The number of aromatic amines is 2. The van der Waals surface area contributed by atoms with E-state index >= 15 is 0 Å². The summed E-state index contributed by atoms with van der Waals surface area (Å²) in [5, 5.41) is 4.37. The minimum atomic E-state index is -0.224. The lowest BCUT2D eigenvalue weighted by molar-refractivity contribution is 0.634. The summed E-state index contributed by atoms with van der Waals surface area (Å²) < 4.78 is 0. The predicted molar refractivity (Wildman–Crippen MR) is 107 cm³/mol. The summed E-state index contributed by atoms with van der Waals surface area (Å²) in [7, 11) is 0. The van der Waals surface area contributed by atoms with Crippen molar-refractivity contribution in [3.63, 3.8) is 0 Å². The second-order valence-corrected chi connectivity index (χ2v) is 6.72. The van der Waals surface area contributed by atoms with Crippen molar-refractivity contribution in [2.45, 2.75) is 40.5 Å². The molecule has 27 heavy (non-hydrogen) atoms. The number of hydrogen-bond acceptors (Lipinski definition) is 8. The molecule has 10 heteroatoms. The van der Waals surface area contributed by atoms with E-state index in [2.05, 4.69) is 63.6 Å². The lowest BCUT2D eigenvalue weighted by Crippen LogP contribution is -2.13. The normalized spacial score (nSPS) is 10.2. The van der Waals surface area contributed by atoms with Crippen molar-refractivity contribution in [2.24, 2.45) is 22.8 Å². The summed E-state index contributed by atoms with van der Waals surface area (Å²) in [5.74, 6) is 6.92. The zero-order valence-corrected chi connectivity index (χ0v) is 16.1. The Morgan fingerprint density at radius 1 is 1.00 bits per heavy atom. The van der Waals surface area contributed by atoms with Gasteiger partial charge in [-0.05, 0) is 24.7 Å². The molecule has 0 bridgehead atoms. The van der Waals surface area contributed by atoms with Gasteiger partial charge in [0.15, 0.2) is 5.82 Å². The molecule has 6 N–H and O–H groups in total. The number of H-pyrrole nitrogens is 2. The van der Waals surface area contributed by atoms with Crippen molar-refractivity contribution >= 4 is 17.3 Å². The van der Waals surface area contributed by atoms with E-state index < -0.39 is 0 Å².